The van der Waals surface area contributed by atoms with Crippen LogP contribution in [-0.4, -0.2) is 48.8 Å². The molecule has 0 spiro atoms. The molecule has 0 radical (unpaired) electrons. The van der Waals surface area contributed by atoms with Gasteiger partial charge in [0, 0.05) is 22.9 Å². The van der Waals surface area contributed by atoms with Gasteiger partial charge in [0.1, 0.15) is 0 Å². The number of halogens is 1. The molecular formula is C27H25ClN4O5S. The first-order valence-electron chi connectivity index (χ1n) is 11.7. The molecule has 2 N–H and O–H groups in total. The maximum atomic E-state index is 13.6. The highest BCUT2D eigenvalue weighted by molar-refractivity contribution is 7.89. The molecule has 38 heavy (non-hydrogen) atoms. The van der Waals surface area contributed by atoms with Gasteiger partial charge in [0.2, 0.25) is 21.8 Å². The van der Waals surface area contributed by atoms with E-state index in [0.717, 1.165) is 4.31 Å². The number of aliphatic hydroxyl groups excluding tert-OH is 1. The van der Waals surface area contributed by atoms with Crippen molar-refractivity contribution in [1.29, 1.82) is 5.26 Å². The number of nitriles is 1. The molecule has 9 nitrogen and oxygen atoms in total. The summed E-state index contributed by atoms with van der Waals surface area (Å²) in [6.45, 7) is 1.34. The second-order valence-electron chi connectivity index (χ2n) is 8.90. The van der Waals surface area contributed by atoms with Crippen molar-refractivity contribution >= 4 is 44.8 Å². The van der Waals surface area contributed by atoms with Gasteiger partial charge in [-0.05, 0) is 66.6 Å². The van der Waals surface area contributed by atoms with Crippen molar-refractivity contribution in [3.8, 4) is 6.07 Å². The summed E-state index contributed by atoms with van der Waals surface area (Å²) in [7, 11) is -4.13. The summed E-state index contributed by atoms with van der Waals surface area (Å²) in [6, 6.07) is 19.1. The van der Waals surface area contributed by atoms with Gasteiger partial charge in [-0.15, -0.1) is 0 Å². The standard InChI is InChI=1S/C27H25ClN4O5S/c1-18-24(28)3-2-4-25(18)30-26(34)17-31(38(36,37)23-11-7-19(14-29)8-12-23)15-20-5-9-21(10-6-20)32-16-22(33)13-27(32)35/h2-12,22,33H,13,15-17H2,1H3,(H,30,34). The van der Waals surface area contributed by atoms with Crippen LogP contribution < -0.4 is 10.2 Å². The molecule has 1 aliphatic rings. The number of rotatable bonds is 8. The first-order chi connectivity index (χ1) is 18.1. The number of carbonyl (C=O) groups is 2. The Balaban J connectivity index is 1.60. The molecule has 1 heterocycles. The number of hydrogen-bond donors (Lipinski definition) is 2. The van der Waals surface area contributed by atoms with E-state index in [2.05, 4.69) is 5.32 Å². The van der Waals surface area contributed by atoms with Crippen molar-refractivity contribution in [3.63, 3.8) is 0 Å². The Morgan fingerprint density at radius 2 is 1.84 bits per heavy atom. The lowest BCUT2D eigenvalue weighted by molar-refractivity contribution is -0.118. The minimum Gasteiger partial charge on any atom is -0.391 e. The van der Waals surface area contributed by atoms with E-state index in [1.165, 1.54) is 29.2 Å². The number of nitrogens with one attached hydrogen (secondary N) is 1. The zero-order valence-electron chi connectivity index (χ0n) is 20.5. The molecule has 1 fully saturated rings. The van der Waals surface area contributed by atoms with Gasteiger partial charge in [-0.1, -0.05) is 29.8 Å². The van der Waals surface area contributed by atoms with E-state index >= 15 is 0 Å². The number of β-amino-alcohol motifs (C(OH)–C–C–N with tert-alkyl or cyclic N) is 1. The number of hydrogen-bond acceptors (Lipinski definition) is 6. The Bertz CT molecular complexity index is 1500. The second-order valence-corrected chi connectivity index (χ2v) is 11.2. The molecule has 0 aromatic heterocycles. The maximum absolute atomic E-state index is 13.6. The minimum atomic E-state index is -4.13. The minimum absolute atomic E-state index is 0.0551. The monoisotopic (exact) mass is 552 g/mol. The molecule has 196 valence electrons. The quantitative estimate of drug-likeness (QED) is 0.440. The average molecular weight is 553 g/mol. The first-order valence-corrected chi connectivity index (χ1v) is 13.5. The van der Waals surface area contributed by atoms with Crippen LogP contribution in [0.5, 0.6) is 0 Å². The zero-order valence-corrected chi connectivity index (χ0v) is 22.0. The molecule has 0 bridgehead atoms. The van der Waals surface area contributed by atoms with Crippen molar-refractivity contribution in [3.05, 3.63) is 88.4 Å². The molecule has 1 unspecified atom stereocenters. The predicted molar refractivity (Wildman–Crippen MR) is 143 cm³/mol. The van der Waals surface area contributed by atoms with Crippen LogP contribution in [0.1, 0.15) is 23.1 Å². The summed E-state index contributed by atoms with van der Waals surface area (Å²) in [4.78, 5) is 26.5. The number of sulfonamides is 1. The van der Waals surface area contributed by atoms with Crippen LogP contribution in [0.25, 0.3) is 0 Å². The Morgan fingerprint density at radius 1 is 1.16 bits per heavy atom. The Kier molecular flexibility index (Phi) is 8.14. The third kappa shape index (κ3) is 6.03. The first kappa shape index (κ1) is 27.3. The summed E-state index contributed by atoms with van der Waals surface area (Å²) in [5.74, 6) is -0.746. The number of aliphatic hydroxyl groups is 1. The van der Waals surface area contributed by atoms with E-state index in [4.69, 9.17) is 16.9 Å². The Hall–Kier alpha value is -3.75. The predicted octanol–water partition coefficient (Wildman–Crippen LogP) is 3.45. The van der Waals surface area contributed by atoms with Gasteiger partial charge in [0.05, 0.1) is 42.1 Å². The van der Waals surface area contributed by atoms with E-state index in [1.807, 2.05) is 6.07 Å². The fourth-order valence-electron chi connectivity index (χ4n) is 4.09. The normalized spacial score (nSPS) is 15.5. The van der Waals surface area contributed by atoms with Crippen molar-refractivity contribution < 1.29 is 23.1 Å². The number of nitrogens with zero attached hydrogens (tertiary/aromatic N) is 3. The summed E-state index contributed by atoms with van der Waals surface area (Å²) in [6.07, 6.45) is -0.670. The molecule has 3 aromatic rings. The molecule has 1 saturated heterocycles. The maximum Gasteiger partial charge on any atom is 0.243 e. The lowest BCUT2D eigenvalue weighted by Gasteiger charge is -2.23. The lowest BCUT2D eigenvalue weighted by atomic mass is 10.2. The highest BCUT2D eigenvalue weighted by Gasteiger charge is 2.30. The van der Waals surface area contributed by atoms with Crippen LogP contribution in [0.4, 0.5) is 11.4 Å². The smallest absolute Gasteiger partial charge is 0.243 e. The molecular weight excluding hydrogens is 528 g/mol. The van der Waals surface area contributed by atoms with Crippen LogP contribution >= 0.6 is 11.6 Å². The summed E-state index contributed by atoms with van der Waals surface area (Å²) < 4.78 is 28.2. The molecule has 1 aliphatic heterocycles. The highest BCUT2D eigenvalue weighted by atomic mass is 35.5. The van der Waals surface area contributed by atoms with Crippen molar-refractivity contribution in [2.24, 2.45) is 0 Å². The lowest BCUT2D eigenvalue weighted by Crippen LogP contribution is -2.37. The molecule has 11 heteroatoms. The van der Waals surface area contributed by atoms with Gasteiger partial charge in [0.25, 0.3) is 0 Å². The Labute approximate surface area is 225 Å². The second kappa shape index (κ2) is 11.3. The zero-order chi connectivity index (χ0) is 27.4. The van der Waals surface area contributed by atoms with E-state index < -0.39 is 28.6 Å². The molecule has 4 rings (SSSR count). The summed E-state index contributed by atoms with van der Waals surface area (Å²) in [5.41, 5.74) is 2.61. The summed E-state index contributed by atoms with van der Waals surface area (Å²) in [5, 5.41) is 22.0. The summed E-state index contributed by atoms with van der Waals surface area (Å²) >= 11 is 6.15. The van der Waals surface area contributed by atoms with Crippen LogP contribution in [-0.2, 0) is 26.2 Å². The SMILES string of the molecule is Cc1c(Cl)cccc1NC(=O)CN(Cc1ccc(N2CC(O)CC2=O)cc1)S(=O)(=O)c1ccc(C#N)cc1. The molecule has 3 aromatic carbocycles. The number of carbonyl (C=O) groups excluding carboxylic acids is 2. The highest BCUT2D eigenvalue weighted by Crippen LogP contribution is 2.25. The van der Waals surface area contributed by atoms with E-state index in [1.54, 1.807) is 49.4 Å². The molecule has 2 amide bonds. The van der Waals surface area contributed by atoms with Gasteiger partial charge in [-0.25, -0.2) is 8.42 Å². The third-order valence-electron chi connectivity index (χ3n) is 6.19. The largest absolute Gasteiger partial charge is 0.391 e. The van der Waals surface area contributed by atoms with Gasteiger partial charge < -0.3 is 15.3 Å². The van der Waals surface area contributed by atoms with E-state index in [0.29, 0.717) is 33.1 Å². The van der Waals surface area contributed by atoms with Crippen molar-refractivity contribution in [2.45, 2.75) is 30.9 Å². The van der Waals surface area contributed by atoms with Gasteiger partial charge >= 0.3 is 0 Å². The molecule has 0 aliphatic carbocycles. The van der Waals surface area contributed by atoms with Crippen LogP contribution in [0.2, 0.25) is 5.02 Å². The fourth-order valence-corrected chi connectivity index (χ4v) is 5.65. The number of amides is 2. The fraction of sp³-hybridized carbons (Fsp3) is 0.222. The van der Waals surface area contributed by atoms with Crippen molar-refractivity contribution in [1.82, 2.24) is 4.31 Å². The van der Waals surface area contributed by atoms with Crippen LogP contribution in [0.3, 0.4) is 0 Å². The van der Waals surface area contributed by atoms with Gasteiger partial charge in [0.15, 0.2) is 0 Å². The average Bonchev–Trinajstić information content (AvgIpc) is 3.24. The van der Waals surface area contributed by atoms with Gasteiger partial charge in [-0.2, -0.15) is 9.57 Å². The van der Waals surface area contributed by atoms with Crippen molar-refractivity contribution in [2.75, 3.05) is 23.3 Å². The Morgan fingerprint density at radius 3 is 2.45 bits per heavy atom. The van der Waals surface area contributed by atoms with E-state index in [-0.39, 0.29) is 30.3 Å². The number of anilines is 2. The van der Waals surface area contributed by atoms with E-state index in [9.17, 15) is 23.1 Å². The van der Waals surface area contributed by atoms with Gasteiger partial charge in [-0.3, -0.25) is 9.59 Å². The van der Waals surface area contributed by atoms with Crippen LogP contribution in [0.15, 0.2) is 71.6 Å². The molecule has 1 atom stereocenters. The molecule has 0 saturated carbocycles. The van der Waals surface area contributed by atoms with Crippen LogP contribution in [0, 0.1) is 18.3 Å². The topological polar surface area (TPSA) is 131 Å². The third-order valence-corrected chi connectivity index (χ3v) is 8.41. The number of benzene rings is 3.